The molecule has 0 aromatic heterocycles. The summed E-state index contributed by atoms with van der Waals surface area (Å²) in [5.41, 5.74) is 2.20. The van der Waals surface area contributed by atoms with Crippen molar-refractivity contribution in [2.24, 2.45) is 11.8 Å². The summed E-state index contributed by atoms with van der Waals surface area (Å²) in [7, 11) is 0. The summed E-state index contributed by atoms with van der Waals surface area (Å²) >= 11 is 0. The molecule has 2 aromatic rings. The van der Waals surface area contributed by atoms with Crippen LogP contribution in [0.2, 0.25) is 0 Å². The van der Waals surface area contributed by atoms with E-state index in [2.05, 4.69) is 29.6 Å². The lowest BCUT2D eigenvalue weighted by Gasteiger charge is -2.32. The van der Waals surface area contributed by atoms with Gasteiger partial charge in [-0.05, 0) is 42.2 Å². The molecular formula is C27H34N2O4. The highest BCUT2D eigenvalue weighted by atomic mass is 16.5. The van der Waals surface area contributed by atoms with Gasteiger partial charge in [0.1, 0.15) is 6.04 Å². The van der Waals surface area contributed by atoms with Crippen LogP contribution in [0.25, 0.3) is 0 Å². The Morgan fingerprint density at radius 3 is 2.09 bits per heavy atom. The number of ether oxygens (including phenoxy) is 1. The molecule has 1 atom stereocenters. The van der Waals surface area contributed by atoms with Crippen molar-refractivity contribution in [1.82, 2.24) is 10.2 Å². The van der Waals surface area contributed by atoms with Crippen LogP contribution >= 0.6 is 0 Å². The quantitative estimate of drug-likeness (QED) is 0.594. The molecule has 176 valence electrons. The van der Waals surface area contributed by atoms with Gasteiger partial charge in [0.25, 0.3) is 5.91 Å². The lowest BCUT2D eigenvalue weighted by molar-refractivity contribution is -0.156. The molecule has 0 radical (unpaired) electrons. The highest BCUT2D eigenvalue weighted by Gasteiger charge is 2.28. The van der Waals surface area contributed by atoms with E-state index >= 15 is 0 Å². The standard InChI is InChI=1S/C27H34N2O4/c1-20(2)26(28-24(30)18-22-11-7-4-8-12-22)27(32)33-19-25(31)29-15-13-23(14-16-29)17-21-9-5-3-6-10-21/h3-12,20,23,26H,13-19H2,1-2H3,(H,28,30)/t26-/m0/s1. The minimum Gasteiger partial charge on any atom is -0.454 e. The number of nitrogens with zero attached hydrogens (tertiary/aromatic N) is 1. The number of carbonyl (C=O) groups is 3. The van der Waals surface area contributed by atoms with E-state index in [1.54, 1.807) is 4.90 Å². The summed E-state index contributed by atoms with van der Waals surface area (Å²) in [5.74, 6) is -0.591. The van der Waals surface area contributed by atoms with Crippen LogP contribution in [0.4, 0.5) is 0 Å². The lowest BCUT2D eigenvalue weighted by Crippen LogP contribution is -2.47. The van der Waals surface area contributed by atoms with Gasteiger partial charge in [0.05, 0.1) is 6.42 Å². The maximum Gasteiger partial charge on any atom is 0.329 e. The molecule has 1 heterocycles. The number of esters is 1. The molecule has 1 aliphatic heterocycles. The van der Waals surface area contributed by atoms with Gasteiger partial charge in [-0.3, -0.25) is 9.59 Å². The zero-order valence-electron chi connectivity index (χ0n) is 19.5. The SMILES string of the molecule is CC(C)[C@H](NC(=O)Cc1ccccc1)C(=O)OCC(=O)N1CCC(Cc2ccccc2)CC1. The van der Waals surface area contributed by atoms with E-state index in [-0.39, 0.29) is 30.8 Å². The van der Waals surface area contributed by atoms with Gasteiger partial charge in [0, 0.05) is 13.1 Å². The van der Waals surface area contributed by atoms with Gasteiger partial charge in [-0.1, -0.05) is 74.5 Å². The normalized spacial score (nSPS) is 15.2. The van der Waals surface area contributed by atoms with E-state index in [0.29, 0.717) is 19.0 Å². The van der Waals surface area contributed by atoms with E-state index in [0.717, 1.165) is 24.8 Å². The van der Waals surface area contributed by atoms with Crippen LogP contribution in [0.5, 0.6) is 0 Å². The molecule has 6 heteroatoms. The Kier molecular flexibility index (Phi) is 9.04. The zero-order chi connectivity index (χ0) is 23.6. The third kappa shape index (κ3) is 7.74. The number of amides is 2. The van der Waals surface area contributed by atoms with E-state index in [4.69, 9.17) is 4.74 Å². The molecule has 6 nitrogen and oxygen atoms in total. The molecule has 1 aliphatic rings. The molecule has 33 heavy (non-hydrogen) atoms. The van der Waals surface area contributed by atoms with Crippen molar-refractivity contribution in [2.75, 3.05) is 19.7 Å². The fourth-order valence-electron chi connectivity index (χ4n) is 4.15. The molecule has 1 saturated heterocycles. The topological polar surface area (TPSA) is 75.7 Å². The van der Waals surface area contributed by atoms with Gasteiger partial charge in [0.2, 0.25) is 5.91 Å². The number of nitrogens with one attached hydrogen (secondary N) is 1. The van der Waals surface area contributed by atoms with Crippen LogP contribution < -0.4 is 5.32 Å². The first kappa shape index (κ1) is 24.5. The van der Waals surface area contributed by atoms with Gasteiger partial charge < -0.3 is 15.0 Å². The third-order valence-corrected chi connectivity index (χ3v) is 6.12. The fourth-order valence-corrected chi connectivity index (χ4v) is 4.15. The maximum atomic E-state index is 12.6. The maximum absolute atomic E-state index is 12.6. The fraction of sp³-hybridized carbons (Fsp3) is 0.444. The Morgan fingerprint density at radius 1 is 0.939 bits per heavy atom. The molecule has 1 fully saturated rings. The highest BCUT2D eigenvalue weighted by molar-refractivity contribution is 5.87. The Labute approximate surface area is 196 Å². The smallest absolute Gasteiger partial charge is 0.329 e. The predicted molar refractivity (Wildman–Crippen MR) is 127 cm³/mol. The van der Waals surface area contributed by atoms with Crippen molar-refractivity contribution >= 4 is 17.8 Å². The summed E-state index contributed by atoms with van der Waals surface area (Å²) in [6.45, 7) is 4.74. The van der Waals surface area contributed by atoms with Crippen molar-refractivity contribution in [3.8, 4) is 0 Å². The van der Waals surface area contributed by atoms with Crippen LogP contribution in [0.15, 0.2) is 60.7 Å². The Balaban J connectivity index is 1.42. The van der Waals surface area contributed by atoms with Gasteiger partial charge >= 0.3 is 5.97 Å². The second-order valence-corrected chi connectivity index (χ2v) is 9.07. The molecule has 1 N–H and O–H groups in total. The molecule has 0 bridgehead atoms. The first-order valence-corrected chi connectivity index (χ1v) is 11.7. The zero-order valence-corrected chi connectivity index (χ0v) is 19.5. The van der Waals surface area contributed by atoms with Gasteiger partial charge in [-0.2, -0.15) is 0 Å². The second kappa shape index (κ2) is 12.2. The van der Waals surface area contributed by atoms with Crippen LogP contribution in [0.3, 0.4) is 0 Å². The minimum absolute atomic E-state index is 0.152. The molecule has 0 saturated carbocycles. The van der Waals surface area contributed by atoms with Crippen molar-refractivity contribution in [1.29, 1.82) is 0 Å². The third-order valence-electron chi connectivity index (χ3n) is 6.12. The highest BCUT2D eigenvalue weighted by Crippen LogP contribution is 2.21. The van der Waals surface area contributed by atoms with Crippen molar-refractivity contribution in [3.63, 3.8) is 0 Å². The summed E-state index contributed by atoms with van der Waals surface area (Å²) in [4.78, 5) is 39.3. The number of carbonyl (C=O) groups excluding carboxylic acids is 3. The number of piperidine rings is 1. The first-order valence-electron chi connectivity index (χ1n) is 11.7. The van der Waals surface area contributed by atoms with E-state index in [9.17, 15) is 14.4 Å². The van der Waals surface area contributed by atoms with E-state index in [1.165, 1.54) is 5.56 Å². The average Bonchev–Trinajstić information content (AvgIpc) is 2.82. The van der Waals surface area contributed by atoms with Crippen molar-refractivity contribution in [2.45, 2.75) is 45.6 Å². The van der Waals surface area contributed by atoms with Crippen LogP contribution in [-0.2, 0) is 32.0 Å². The number of hydrogen-bond donors (Lipinski definition) is 1. The summed E-state index contributed by atoms with van der Waals surface area (Å²) in [6, 6.07) is 19.0. The van der Waals surface area contributed by atoms with Crippen LogP contribution in [-0.4, -0.2) is 48.4 Å². The van der Waals surface area contributed by atoms with E-state index < -0.39 is 12.0 Å². The molecule has 0 spiro atoms. The van der Waals surface area contributed by atoms with Crippen molar-refractivity contribution < 1.29 is 19.1 Å². The number of benzene rings is 2. The Bertz CT molecular complexity index is 906. The van der Waals surface area contributed by atoms with Gasteiger partial charge in [-0.25, -0.2) is 4.79 Å². The second-order valence-electron chi connectivity index (χ2n) is 9.07. The van der Waals surface area contributed by atoms with Crippen LogP contribution in [0.1, 0.15) is 37.8 Å². The number of rotatable bonds is 9. The summed E-state index contributed by atoms with van der Waals surface area (Å²) < 4.78 is 5.31. The van der Waals surface area contributed by atoms with Gasteiger partial charge in [-0.15, -0.1) is 0 Å². The number of likely N-dealkylation sites (tertiary alicyclic amines) is 1. The summed E-state index contributed by atoms with van der Waals surface area (Å²) in [6.07, 6.45) is 3.10. The van der Waals surface area contributed by atoms with Gasteiger partial charge in [0.15, 0.2) is 6.61 Å². The Hall–Kier alpha value is -3.15. The molecule has 0 aliphatic carbocycles. The minimum atomic E-state index is -0.786. The number of hydrogen-bond acceptors (Lipinski definition) is 4. The monoisotopic (exact) mass is 450 g/mol. The van der Waals surface area contributed by atoms with Crippen LogP contribution in [0, 0.1) is 11.8 Å². The molecule has 2 amide bonds. The Morgan fingerprint density at radius 2 is 1.52 bits per heavy atom. The summed E-state index contributed by atoms with van der Waals surface area (Å²) in [5, 5.41) is 2.76. The average molecular weight is 451 g/mol. The molecule has 0 unspecified atom stereocenters. The van der Waals surface area contributed by atoms with E-state index in [1.807, 2.05) is 50.2 Å². The molecule has 2 aromatic carbocycles. The molecule has 3 rings (SSSR count). The van der Waals surface area contributed by atoms with Crippen molar-refractivity contribution in [3.05, 3.63) is 71.8 Å². The predicted octanol–water partition coefficient (Wildman–Crippen LogP) is 3.39. The molecular weight excluding hydrogens is 416 g/mol. The largest absolute Gasteiger partial charge is 0.454 e. The first-order chi connectivity index (χ1) is 15.9. The lowest BCUT2D eigenvalue weighted by atomic mass is 9.90.